The number of halogens is 1. The number of fused-ring (bicyclic) bond motifs is 2. The maximum absolute atomic E-state index is 6.00. The Morgan fingerprint density at radius 2 is 2.00 bits per heavy atom. The minimum atomic E-state index is 0. The number of likely N-dealkylation sites (tertiary alicyclic amines) is 1. The Kier molecular flexibility index (Phi) is 5.93. The lowest BCUT2D eigenvalue weighted by Gasteiger charge is -2.31. The third-order valence-electron chi connectivity index (χ3n) is 6.44. The van der Waals surface area contributed by atoms with E-state index in [9.17, 15) is 0 Å². The average molecular weight is 402 g/mol. The number of hydrogen-bond acceptors (Lipinski definition) is 4. The zero-order chi connectivity index (χ0) is 18.2. The molecule has 5 rings (SSSR count). The van der Waals surface area contributed by atoms with Crippen LogP contribution in [0, 0.1) is 0 Å². The topological polar surface area (TPSA) is 30.9 Å². The van der Waals surface area contributed by atoms with Crippen LogP contribution < -0.4 is 4.74 Å². The third-order valence-corrected chi connectivity index (χ3v) is 6.44. The summed E-state index contributed by atoms with van der Waals surface area (Å²) >= 11 is 0. The Balaban J connectivity index is 0.00000192. The lowest BCUT2D eigenvalue weighted by atomic mass is 9.82. The molecule has 4 nitrogen and oxygen atoms in total. The first-order valence-corrected chi connectivity index (χ1v) is 10.0. The van der Waals surface area contributed by atoms with Crippen molar-refractivity contribution in [2.45, 2.75) is 43.4 Å². The van der Waals surface area contributed by atoms with Crippen LogP contribution in [0.25, 0.3) is 0 Å². The van der Waals surface area contributed by atoms with E-state index in [2.05, 4.69) is 47.4 Å². The van der Waals surface area contributed by atoms with E-state index in [1.165, 1.54) is 36.0 Å². The second-order valence-electron chi connectivity index (χ2n) is 7.93. The van der Waals surface area contributed by atoms with Crippen molar-refractivity contribution in [3.05, 3.63) is 65.2 Å². The van der Waals surface area contributed by atoms with Gasteiger partial charge in [0.1, 0.15) is 24.9 Å². The van der Waals surface area contributed by atoms with E-state index < -0.39 is 0 Å². The quantitative estimate of drug-likeness (QED) is 0.762. The summed E-state index contributed by atoms with van der Waals surface area (Å²) in [6, 6.07) is 17.4. The molecule has 0 radical (unpaired) electrons. The molecule has 2 aromatic rings. The Hall–Kier alpha value is -1.59. The normalized spacial score (nSPS) is 29.0. The Bertz CT molecular complexity index is 814. The van der Waals surface area contributed by atoms with Gasteiger partial charge in [0.2, 0.25) is 0 Å². The summed E-state index contributed by atoms with van der Waals surface area (Å²) in [5, 5.41) is 0. The lowest BCUT2D eigenvalue weighted by molar-refractivity contribution is -0.0230. The molecule has 4 unspecified atom stereocenters. The monoisotopic (exact) mass is 401 g/mol. The van der Waals surface area contributed by atoms with E-state index >= 15 is 0 Å². The van der Waals surface area contributed by atoms with Gasteiger partial charge in [-0.3, -0.25) is 4.90 Å². The second kappa shape index (κ2) is 8.42. The van der Waals surface area contributed by atoms with Gasteiger partial charge in [-0.05, 0) is 54.0 Å². The van der Waals surface area contributed by atoms with Gasteiger partial charge in [-0.1, -0.05) is 36.4 Å². The first kappa shape index (κ1) is 19.7. The van der Waals surface area contributed by atoms with Crippen LogP contribution in [0.2, 0.25) is 0 Å². The van der Waals surface area contributed by atoms with Gasteiger partial charge in [0.15, 0.2) is 0 Å². The van der Waals surface area contributed by atoms with Gasteiger partial charge in [0.05, 0.1) is 7.11 Å². The minimum Gasteiger partial charge on any atom is -0.497 e. The molecular formula is C23H28ClNO3. The molecule has 3 aliphatic rings. The standard InChI is InChI=1S/C23H27NO3.ClH/c1-25-19-10-5-8-17(12-19)21-14-24(23-22(21)26-15-27-23)13-18-9-4-7-16-6-2-3-11-20(16)18;/h2-3,5-6,8,10-12,18,21-23H,4,7,9,13-15H2,1H3;1H. The number of benzene rings is 2. The predicted molar refractivity (Wildman–Crippen MR) is 111 cm³/mol. The maximum Gasteiger partial charge on any atom is 0.149 e. The zero-order valence-electron chi connectivity index (χ0n) is 16.3. The summed E-state index contributed by atoms with van der Waals surface area (Å²) in [6.45, 7) is 2.41. The predicted octanol–water partition coefficient (Wildman–Crippen LogP) is 4.34. The van der Waals surface area contributed by atoms with Gasteiger partial charge in [0, 0.05) is 19.0 Å². The third kappa shape index (κ3) is 3.55. The Morgan fingerprint density at radius 3 is 2.89 bits per heavy atom. The van der Waals surface area contributed by atoms with Gasteiger partial charge >= 0.3 is 0 Å². The highest BCUT2D eigenvalue weighted by atomic mass is 35.5. The summed E-state index contributed by atoms with van der Waals surface area (Å²) in [4.78, 5) is 2.51. The molecule has 5 heteroatoms. The SMILES string of the molecule is COc1cccc(C2CN(CC3CCCc4ccccc43)C3OCOC23)c1.Cl. The lowest BCUT2D eigenvalue weighted by Crippen LogP contribution is -2.37. The number of methoxy groups -OCH3 is 1. The maximum atomic E-state index is 6.00. The van der Waals surface area contributed by atoms with E-state index in [4.69, 9.17) is 14.2 Å². The van der Waals surface area contributed by atoms with Crippen molar-refractivity contribution in [1.29, 1.82) is 0 Å². The molecule has 2 aliphatic heterocycles. The number of rotatable bonds is 4. The van der Waals surface area contributed by atoms with Gasteiger partial charge in [-0.25, -0.2) is 0 Å². The van der Waals surface area contributed by atoms with Gasteiger partial charge in [-0.2, -0.15) is 0 Å². The number of hydrogen-bond donors (Lipinski definition) is 0. The fourth-order valence-corrected chi connectivity index (χ4v) is 5.13. The number of nitrogens with zero attached hydrogens (tertiary/aromatic N) is 1. The van der Waals surface area contributed by atoms with Crippen LogP contribution in [0.15, 0.2) is 48.5 Å². The molecule has 2 fully saturated rings. The average Bonchev–Trinajstić information content (AvgIpc) is 3.32. The van der Waals surface area contributed by atoms with E-state index in [1.807, 2.05) is 6.07 Å². The number of aryl methyl sites for hydroxylation is 1. The van der Waals surface area contributed by atoms with Gasteiger partial charge in [0.25, 0.3) is 0 Å². The van der Waals surface area contributed by atoms with Crippen molar-refractivity contribution >= 4 is 12.4 Å². The first-order valence-electron chi connectivity index (χ1n) is 10.0. The Morgan fingerprint density at radius 1 is 1.11 bits per heavy atom. The summed E-state index contributed by atoms with van der Waals surface area (Å²) in [5.74, 6) is 1.82. The van der Waals surface area contributed by atoms with Crippen LogP contribution in [-0.2, 0) is 15.9 Å². The van der Waals surface area contributed by atoms with Crippen molar-refractivity contribution in [1.82, 2.24) is 4.90 Å². The second-order valence-corrected chi connectivity index (χ2v) is 7.93. The molecule has 0 N–H and O–H groups in total. The largest absolute Gasteiger partial charge is 0.497 e. The molecular weight excluding hydrogens is 374 g/mol. The molecule has 1 aliphatic carbocycles. The van der Waals surface area contributed by atoms with Crippen LogP contribution in [0.3, 0.4) is 0 Å². The van der Waals surface area contributed by atoms with E-state index in [0.29, 0.717) is 18.6 Å². The molecule has 4 atom stereocenters. The highest BCUT2D eigenvalue weighted by Crippen LogP contribution is 2.41. The molecule has 0 spiro atoms. The molecule has 2 heterocycles. The van der Waals surface area contributed by atoms with Crippen molar-refractivity contribution < 1.29 is 14.2 Å². The van der Waals surface area contributed by atoms with Crippen molar-refractivity contribution in [3.8, 4) is 5.75 Å². The summed E-state index contributed by atoms with van der Waals surface area (Å²) in [6.07, 6.45) is 3.92. The first-order chi connectivity index (χ1) is 13.3. The summed E-state index contributed by atoms with van der Waals surface area (Å²) < 4.78 is 17.4. The fraction of sp³-hybridized carbons (Fsp3) is 0.478. The van der Waals surface area contributed by atoms with Crippen LogP contribution >= 0.6 is 12.4 Å². The molecule has 2 saturated heterocycles. The van der Waals surface area contributed by atoms with Crippen LogP contribution in [0.1, 0.15) is 41.4 Å². The molecule has 2 aromatic carbocycles. The number of ether oxygens (including phenoxy) is 3. The molecule has 0 amide bonds. The fourth-order valence-electron chi connectivity index (χ4n) is 5.13. The summed E-state index contributed by atoms with van der Waals surface area (Å²) in [5.41, 5.74) is 4.34. The van der Waals surface area contributed by atoms with Crippen LogP contribution in [0.4, 0.5) is 0 Å². The van der Waals surface area contributed by atoms with Gasteiger partial charge < -0.3 is 14.2 Å². The molecule has 150 valence electrons. The molecule has 28 heavy (non-hydrogen) atoms. The van der Waals surface area contributed by atoms with Crippen molar-refractivity contribution in [2.75, 3.05) is 27.0 Å². The van der Waals surface area contributed by atoms with Crippen molar-refractivity contribution in [3.63, 3.8) is 0 Å². The zero-order valence-corrected chi connectivity index (χ0v) is 17.1. The molecule has 0 bridgehead atoms. The van der Waals surface area contributed by atoms with E-state index in [1.54, 1.807) is 7.11 Å². The smallest absolute Gasteiger partial charge is 0.149 e. The van der Waals surface area contributed by atoms with Crippen LogP contribution in [0.5, 0.6) is 5.75 Å². The highest BCUT2D eigenvalue weighted by Gasteiger charge is 2.48. The van der Waals surface area contributed by atoms with Crippen molar-refractivity contribution in [2.24, 2.45) is 0 Å². The molecule has 0 aromatic heterocycles. The Labute approximate surface area is 173 Å². The van der Waals surface area contributed by atoms with E-state index in [-0.39, 0.29) is 24.7 Å². The summed E-state index contributed by atoms with van der Waals surface area (Å²) in [7, 11) is 1.72. The van der Waals surface area contributed by atoms with Crippen LogP contribution in [-0.4, -0.2) is 44.2 Å². The highest BCUT2D eigenvalue weighted by molar-refractivity contribution is 5.85. The van der Waals surface area contributed by atoms with E-state index in [0.717, 1.165) is 18.8 Å². The molecule has 0 saturated carbocycles. The minimum absolute atomic E-state index is 0. The van der Waals surface area contributed by atoms with Gasteiger partial charge in [-0.15, -0.1) is 12.4 Å².